The summed E-state index contributed by atoms with van der Waals surface area (Å²) in [6.45, 7) is 0.681. The lowest BCUT2D eigenvalue weighted by molar-refractivity contribution is -0.128. The van der Waals surface area contributed by atoms with Gasteiger partial charge in [-0.3, -0.25) is 4.79 Å². The number of rotatable bonds is 3. The summed E-state index contributed by atoms with van der Waals surface area (Å²) in [6.07, 6.45) is 4.72. The van der Waals surface area contributed by atoms with E-state index in [0.29, 0.717) is 25.6 Å². The molecule has 3 aliphatic rings. The van der Waals surface area contributed by atoms with Crippen molar-refractivity contribution in [1.29, 1.82) is 0 Å². The maximum atomic E-state index is 12.2. The fourth-order valence-corrected chi connectivity index (χ4v) is 3.89. The Balaban J connectivity index is 1.64. The van der Waals surface area contributed by atoms with Crippen LogP contribution in [0.4, 0.5) is 0 Å². The van der Waals surface area contributed by atoms with Crippen molar-refractivity contribution in [3.8, 4) is 0 Å². The second kappa shape index (κ2) is 4.71. The van der Waals surface area contributed by atoms with Gasteiger partial charge in [0.1, 0.15) is 0 Å². The molecule has 2 aliphatic heterocycles. The standard InChI is InChI=1S/C12H20N2O4S/c1-19(16,17)14-6-9-5-10(11(7-14)18-9)12(15)13-8-3-2-4-8/h8-11H,2-7H2,1H3,(H,13,15)/t9-,10+,11-/m0/s1. The van der Waals surface area contributed by atoms with E-state index in [1.807, 2.05) is 0 Å². The van der Waals surface area contributed by atoms with Gasteiger partial charge in [0.2, 0.25) is 15.9 Å². The van der Waals surface area contributed by atoms with Crippen molar-refractivity contribution in [2.24, 2.45) is 5.92 Å². The highest BCUT2D eigenvalue weighted by atomic mass is 32.2. The molecule has 1 N–H and O–H groups in total. The van der Waals surface area contributed by atoms with Crippen LogP contribution in [0.2, 0.25) is 0 Å². The van der Waals surface area contributed by atoms with Crippen molar-refractivity contribution < 1.29 is 17.9 Å². The number of nitrogens with one attached hydrogen (secondary N) is 1. The Labute approximate surface area is 113 Å². The lowest BCUT2D eigenvalue weighted by atomic mass is 9.91. The second-order valence-electron chi connectivity index (χ2n) is 5.86. The molecule has 108 valence electrons. The summed E-state index contributed by atoms with van der Waals surface area (Å²) in [5.74, 6) is -0.162. The van der Waals surface area contributed by atoms with Crippen LogP contribution >= 0.6 is 0 Å². The van der Waals surface area contributed by atoms with Crippen LogP contribution in [0.3, 0.4) is 0 Å². The lowest BCUT2D eigenvalue weighted by Crippen LogP contribution is -2.49. The van der Waals surface area contributed by atoms with Crippen LogP contribution in [0.5, 0.6) is 0 Å². The number of morpholine rings is 1. The summed E-state index contributed by atoms with van der Waals surface area (Å²) >= 11 is 0. The predicted molar refractivity (Wildman–Crippen MR) is 69.0 cm³/mol. The van der Waals surface area contributed by atoms with Crippen LogP contribution in [0.1, 0.15) is 25.7 Å². The largest absolute Gasteiger partial charge is 0.371 e. The molecule has 0 unspecified atom stereocenters. The zero-order valence-electron chi connectivity index (χ0n) is 11.0. The molecule has 19 heavy (non-hydrogen) atoms. The van der Waals surface area contributed by atoms with E-state index in [1.54, 1.807) is 0 Å². The first-order valence-corrected chi connectivity index (χ1v) is 8.69. The molecular formula is C12H20N2O4S. The maximum Gasteiger partial charge on any atom is 0.226 e. The van der Waals surface area contributed by atoms with Crippen molar-refractivity contribution in [1.82, 2.24) is 9.62 Å². The monoisotopic (exact) mass is 288 g/mol. The summed E-state index contributed by atoms with van der Waals surface area (Å²) in [5, 5.41) is 3.04. The first-order valence-electron chi connectivity index (χ1n) is 6.84. The first kappa shape index (κ1) is 13.3. The molecule has 1 saturated carbocycles. The van der Waals surface area contributed by atoms with Crippen molar-refractivity contribution in [3.63, 3.8) is 0 Å². The Morgan fingerprint density at radius 1 is 1.32 bits per heavy atom. The second-order valence-corrected chi connectivity index (χ2v) is 7.84. The minimum Gasteiger partial charge on any atom is -0.371 e. The van der Waals surface area contributed by atoms with Gasteiger partial charge in [0.05, 0.1) is 24.4 Å². The SMILES string of the molecule is CS(=O)(=O)N1C[C@@H]2C[C@@H](C(=O)NC3CCC3)[C@H](C1)O2. The Morgan fingerprint density at radius 2 is 2.05 bits per heavy atom. The number of ether oxygens (including phenoxy) is 1. The molecule has 3 rings (SSSR count). The van der Waals surface area contributed by atoms with E-state index in [1.165, 1.54) is 17.0 Å². The van der Waals surface area contributed by atoms with Crippen molar-refractivity contribution >= 4 is 15.9 Å². The molecule has 2 heterocycles. The van der Waals surface area contributed by atoms with Gasteiger partial charge in [-0.05, 0) is 25.7 Å². The van der Waals surface area contributed by atoms with E-state index in [-0.39, 0.29) is 24.0 Å². The molecule has 0 aromatic rings. The van der Waals surface area contributed by atoms with Crippen molar-refractivity contribution in [2.45, 2.75) is 43.9 Å². The number of sulfonamides is 1. The minimum atomic E-state index is -3.20. The van der Waals surface area contributed by atoms with Gasteiger partial charge in [-0.15, -0.1) is 0 Å². The summed E-state index contributed by atoms with van der Waals surface area (Å²) in [5.41, 5.74) is 0. The molecule has 3 fully saturated rings. The van der Waals surface area contributed by atoms with Crippen LogP contribution in [0, 0.1) is 5.92 Å². The molecule has 0 radical (unpaired) electrons. The van der Waals surface area contributed by atoms with E-state index in [2.05, 4.69) is 5.32 Å². The number of carbonyl (C=O) groups excluding carboxylic acids is 1. The maximum absolute atomic E-state index is 12.2. The Morgan fingerprint density at radius 3 is 2.63 bits per heavy atom. The number of amides is 1. The molecule has 0 spiro atoms. The highest BCUT2D eigenvalue weighted by molar-refractivity contribution is 7.88. The highest BCUT2D eigenvalue weighted by Crippen LogP contribution is 2.33. The molecule has 6 nitrogen and oxygen atoms in total. The van der Waals surface area contributed by atoms with E-state index in [0.717, 1.165) is 12.8 Å². The van der Waals surface area contributed by atoms with Gasteiger partial charge >= 0.3 is 0 Å². The van der Waals surface area contributed by atoms with Gasteiger partial charge in [0, 0.05) is 19.1 Å². The molecule has 3 atom stereocenters. The Kier molecular flexibility index (Phi) is 3.31. The van der Waals surface area contributed by atoms with Crippen LogP contribution in [0.15, 0.2) is 0 Å². The summed E-state index contributed by atoms with van der Waals surface area (Å²) in [7, 11) is -3.20. The van der Waals surface area contributed by atoms with Crippen LogP contribution < -0.4 is 5.32 Å². The first-order chi connectivity index (χ1) is 8.93. The number of hydrogen-bond donors (Lipinski definition) is 1. The van der Waals surface area contributed by atoms with Crippen molar-refractivity contribution in [3.05, 3.63) is 0 Å². The zero-order valence-corrected chi connectivity index (χ0v) is 11.9. The quantitative estimate of drug-likeness (QED) is 0.774. The summed E-state index contributed by atoms with van der Waals surface area (Å²) in [4.78, 5) is 12.2. The molecule has 1 amide bonds. The number of hydrogen-bond acceptors (Lipinski definition) is 4. The average molecular weight is 288 g/mol. The molecule has 2 saturated heterocycles. The van der Waals surface area contributed by atoms with Gasteiger partial charge in [-0.2, -0.15) is 4.31 Å². The Bertz CT molecular complexity index is 474. The number of carbonyl (C=O) groups is 1. The highest BCUT2D eigenvalue weighted by Gasteiger charge is 2.46. The molecule has 7 heteroatoms. The zero-order chi connectivity index (χ0) is 13.6. The van der Waals surface area contributed by atoms with Gasteiger partial charge < -0.3 is 10.1 Å². The fraction of sp³-hybridized carbons (Fsp3) is 0.917. The number of nitrogens with zero attached hydrogens (tertiary/aromatic N) is 1. The fourth-order valence-electron chi connectivity index (χ4n) is 3.03. The Hall–Kier alpha value is -0.660. The van der Waals surface area contributed by atoms with E-state index >= 15 is 0 Å². The molecule has 2 bridgehead atoms. The van der Waals surface area contributed by atoms with Crippen LogP contribution in [0.25, 0.3) is 0 Å². The van der Waals surface area contributed by atoms with Gasteiger partial charge in [0.15, 0.2) is 0 Å². The van der Waals surface area contributed by atoms with Gasteiger partial charge in [-0.25, -0.2) is 8.42 Å². The summed E-state index contributed by atoms with van der Waals surface area (Å²) in [6, 6.07) is 0.318. The molecule has 0 aromatic heterocycles. The van der Waals surface area contributed by atoms with Crippen LogP contribution in [-0.2, 0) is 19.6 Å². The number of fused-ring (bicyclic) bond motifs is 2. The minimum absolute atomic E-state index is 0.0348. The third kappa shape index (κ3) is 2.64. The van der Waals surface area contributed by atoms with Crippen LogP contribution in [-0.4, -0.2) is 56.2 Å². The third-order valence-electron chi connectivity index (χ3n) is 4.38. The topological polar surface area (TPSA) is 75.7 Å². The lowest BCUT2D eigenvalue weighted by Gasteiger charge is -2.32. The molecular weight excluding hydrogens is 268 g/mol. The van der Waals surface area contributed by atoms with Gasteiger partial charge in [0.25, 0.3) is 0 Å². The third-order valence-corrected chi connectivity index (χ3v) is 5.62. The van der Waals surface area contributed by atoms with E-state index in [4.69, 9.17) is 4.74 Å². The molecule has 0 aromatic carbocycles. The predicted octanol–water partition coefficient (Wildman–Crippen LogP) is -0.296. The average Bonchev–Trinajstić information content (AvgIpc) is 2.57. The van der Waals surface area contributed by atoms with Gasteiger partial charge in [-0.1, -0.05) is 0 Å². The summed E-state index contributed by atoms with van der Waals surface area (Å²) < 4.78 is 30.3. The smallest absolute Gasteiger partial charge is 0.226 e. The van der Waals surface area contributed by atoms with E-state index in [9.17, 15) is 13.2 Å². The van der Waals surface area contributed by atoms with E-state index < -0.39 is 10.0 Å². The normalized spacial score (nSPS) is 35.9. The molecule has 1 aliphatic carbocycles. The van der Waals surface area contributed by atoms with Crippen molar-refractivity contribution in [2.75, 3.05) is 19.3 Å².